The predicted molar refractivity (Wildman–Crippen MR) is 96.3 cm³/mol. The molecule has 0 radical (unpaired) electrons. The van der Waals surface area contributed by atoms with Gasteiger partial charge in [0.15, 0.2) is 0 Å². The molecular weight excluding hydrogens is 316 g/mol. The molecule has 1 saturated carbocycles. The van der Waals surface area contributed by atoms with E-state index in [4.69, 9.17) is 4.74 Å². The largest absolute Gasteiger partial charge is 0.493 e. The maximum Gasteiger partial charge on any atom is 0.226 e. The Hall–Kier alpha value is -2.04. The molecule has 1 aliphatic carbocycles. The van der Waals surface area contributed by atoms with E-state index in [1.54, 1.807) is 0 Å². The van der Waals surface area contributed by atoms with E-state index in [0.717, 1.165) is 38.0 Å². The normalized spacial score (nSPS) is 21.1. The Labute approximate surface area is 149 Å². The number of rotatable bonds is 6. The minimum absolute atomic E-state index is 0.0617. The zero-order chi connectivity index (χ0) is 17.5. The first-order chi connectivity index (χ1) is 12.2. The van der Waals surface area contributed by atoms with Crippen molar-refractivity contribution in [3.05, 3.63) is 30.3 Å². The second-order valence-electron chi connectivity index (χ2n) is 7.08. The van der Waals surface area contributed by atoms with Gasteiger partial charge in [-0.3, -0.25) is 9.59 Å². The Kier molecular flexibility index (Phi) is 6.31. The van der Waals surface area contributed by atoms with Gasteiger partial charge in [-0.2, -0.15) is 0 Å². The van der Waals surface area contributed by atoms with Crippen molar-refractivity contribution < 1.29 is 14.3 Å². The minimum Gasteiger partial charge on any atom is -0.493 e. The molecule has 5 nitrogen and oxygen atoms in total. The summed E-state index contributed by atoms with van der Waals surface area (Å²) in [5.41, 5.74) is 0. The van der Waals surface area contributed by atoms with Crippen molar-refractivity contribution in [3.8, 4) is 5.75 Å². The van der Waals surface area contributed by atoms with Gasteiger partial charge in [0.2, 0.25) is 11.8 Å². The molecule has 1 saturated heterocycles. The number of piperidine rings is 1. The van der Waals surface area contributed by atoms with Crippen LogP contribution in [0, 0.1) is 5.92 Å². The van der Waals surface area contributed by atoms with Crippen molar-refractivity contribution in [2.24, 2.45) is 5.92 Å². The van der Waals surface area contributed by atoms with Gasteiger partial charge in [-0.15, -0.1) is 0 Å². The molecular formula is C20H28N2O3. The van der Waals surface area contributed by atoms with Crippen molar-refractivity contribution in [2.75, 3.05) is 19.7 Å². The van der Waals surface area contributed by atoms with Gasteiger partial charge in [-0.1, -0.05) is 31.0 Å². The van der Waals surface area contributed by atoms with E-state index in [9.17, 15) is 9.59 Å². The Balaban J connectivity index is 1.42. The lowest BCUT2D eigenvalue weighted by Crippen LogP contribution is -2.47. The monoisotopic (exact) mass is 344 g/mol. The summed E-state index contributed by atoms with van der Waals surface area (Å²) < 4.78 is 5.60. The van der Waals surface area contributed by atoms with E-state index >= 15 is 0 Å². The van der Waals surface area contributed by atoms with Gasteiger partial charge in [-0.25, -0.2) is 0 Å². The number of ether oxygens (including phenoxy) is 1. The molecule has 2 fully saturated rings. The molecule has 0 bridgehead atoms. The summed E-state index contributed by atoms with van der Waals surface area (Å²) in [5.74, 6) is 0.926. The van der Waals surface area contributed by atoms with Crippen LogP contribution in [-0.4, -0.2) is 42.5 Å². The third-order valence-corrected chi connectivity index (χ3v) is 5.17. The zero-order valence-electron chi connectivity index (χ0n) is 14.8. The molecule has 0 spiro atoms. The van der Waals surface area contributed by atoms with Gasteiger partial charge >= 0.3 is 0 Å². The van der Waals surface area contributed by atoms with Crippen LogP contribution < -0.4 is 10.1 Å². The molecule has 1 aromatic rings. The quantitative estimate of drug-likeness (QED) is 0.863. The van der Waals surface area contributed by atoms with E-state index in [2.05, 4.69) is 5.32 Å². The number of hydrogen-bond donors (Lipinski definition) is 1. The number of carbonyl (C=O) groups is 2. The van der Waals surface area contributed by atoms with Gasteiger partial charge < -0.3 is 15.0 Å². The molecule has 1 heterocycles. The minimum atomic E-state index is -0.0617. The second-order valence-corrected chi connectivity index (χ2v) is 7.08. The average molecular weight is 344 g/mol. The maximum atomic E-state index is 12.4. The first kappa shape index (κ1) is 17.8. The third kappa shape index (κ3) is 5.21. The smallest absolute Gasteiger partial charge is 0.226 e. The summed E-state index contributed by atoms with van der Waals surface area (Å²) in [6.07, 6.45) is 6.74. The van der Waals surface area contributed by atoms with E-state index in [0.29, 0.717) is 25.6 Å². The van der Waals surface area contributed by atoms with Gasteiger partial charge in [0.05, 0.1) is 18.9 Å². The second kappa shape index (κ2) is 8.88. The van der Waals surface area contributed by atoms with Crippen LogP contribution in [0.5, 0.6) is 5.75 Å². The van der Waals surface area contributed by atoms with Crippen molar-refractivity contribution in [3.63, 3.8) is 0 Å². The summed E-state index contributed by atoms with van der Waals surface area (Å²) >= 11 is 0. The molecule has 0 aromatic heterocycles. The molecule has 2 amide bonds. The number of likely N-dealkylation sites (tertiary alicyclic amines) is 1. The van der Waals surface area contributed by atoms with Crippen LogP contribution in [0.15, 0.2) is 30.3 Å². The molecule has 5 heteroatoms. The average Bonchev–Trinajstić information content (AvgIpc) is 3.15. The van der Waals surface area contributed by atoms with E-state index in [1.807, 2.05) is 35.2 Å². The lowest BCUT2D eigenvalue weighted by atomic mass is 9.96. The van der Waals surface area contributed by atoms with Crippen LogP contribution in [0.2, 0.25) is 0 Å². The van der Waals surface area contributed by atoms with Crippen molar-refractivity contribution in [2.45, 2.75) is 51.0 Å². The number of benzene rings is 1. The van der Waals surface area contributed by atoms with Crippen LogP contribution in [0.1, 0.15) is 44.9 Å². The Morgan fingerprint density at radius 3 is 2.60 bits per heavy atom. The molecule has 3 rings (SSSR count). The molecule has 2 aliphatic rings. The van der Waals surface area contributed by atoms with Crippen molar-refractivity contribution in [1.82, 2.24) is 10.2 Å². The van der Waals surface area contributed by atoms with Crippen LogP contribution in [0.3, 0.4) is 0 Å². The molecule has 136 valence electrons. The molecule has 1 aliphatic heterocycles. The van der Waals surface area contributed by atoms with E-state index < -0.39 is 0 Å². The standard InChI is InChI=1S/C20H28N2O3/c23-19(12-14-25-18-10-2-1-3-11-18)22-13-6-7-16(15-22)20(24)21-17-8-4-5-9-17/h1-3,10-11,16-17H,4-9,12-15H2,(H,21,24). The third-order valence-electron chi connectivity index (χ3n) is 5.17. The topological polar surface area (TPSA) is 58.6 Å². The highest BCUT2D eigenvalue weighted by molar-refractivity contribution is 5.81. The first-order valence-electron chi connectivity index (χ1n) is 9.48. The molecule has 1 atom stereocenters. The number of amides is 2. The zero-order valence-corrected chi connectivity index (χ0v) is 14.8. The Morgan fingerprint density at radius 2 is 1.84 bits per heavy atom. The first-order valence-corrected chi connectivity index (χ1v) is 9.48. The predicted octanol–water partition coefficient (Wildman–Crippen LogP) is 2.75. The molecule has 25 heavy (non-hydrogen) atoms. The van der Waals surface area contributed by atoms with Crippen LogP contribution >= 0.6 is 0 Å². The fourth-order valence-corrected chi connectivity index (χ4v) is 3.74. The van der Waals surface area contributed by atoms with Crippen LogP contribution in [0.4, 0.5) is 0 Å². The summed E-state index contributed by atoms with van der Waals surface area (Å²) in [4.78, 5) is 26.7. The van der Waals surface area contributed by atoms with Gasteiger partial charge in [0, 0.05) is 19.1 Å². The highest BCUT2D eigenvalue weighted by Crippen LogP contribution is 2.21. The highest BCUT2D eigenvalue weighted by atomic mass is 16.5. The van der Waals surface area contributed by atoms with E-state index in [1.165, 1.54) is 12.8 Å². The number of carbonyl (C=O) groups excluding carboxylic acids is 2. The SMILES string of the molecule is O=C(NC1CCCC1)C1CCCN(C(=O)CCOc2ccccc2)C1. The fourth-order valence-electron chi connectivity index (χ4n) is 3.74. The van der Waals surface area contributed by atoms with Crippen molar-refractivity contribution in [1.29, 1.82) is 0 Å². The van der Waals surface area contributed by atoms with Crippen LogP contribution in [-0.2, 0) is 9.59 Å². The van der Waals surface area contributed by atoms with Crippen molar-refractivity contribution >= 4 is 11.8 Å². The van der Waals surface area contributed by atoms with Crippen LogP contribution in [0.25, 0.3) is 0 Å². The van der Waals surface area contributed by atoms with Gasteiger partial charge in [0.1, 0.15) is 5.75 Å². The number of nitrogens with one attached hydrogen (secondary N) is 1. The Bertz CT molecular complexity index is 570. The summed E-state index contributed by atoms with van der Waals surface area (Å²) in [7, 11) is 0. The fraction of sp³-hybridized carbons (Fsp3) is 0.600. The summed E-state index contributed by atoms with van der Waals surface area (Å²) in [5, 5.41) is 3.17. The van der Waals surface area contributed by atoms with Gasteiger partial charge in [-0.05, 0) is 37.8 Å². The van der Waals surface area contributed by atoms with Gasteiger partial charge in [0.25, 0.3) is 0 Å². The molecule has 1 N–H and O–H groups in total. The summed E-state index contributed by atoms with van der Waals surface area (Å²) in [6.45, 7) is 1.67. The lowest BCUT2D eigenvalue weighted by Gasteiger charge is -2.32. The maximum absolute atomic E-state index is 12.4. The highest BCUT2D eigenvalue weighted by Gasteiger charge is 2.29. The number of hydrogen-bond acceptors (Lipinski definition) is 3. The summed E-state index contributed by atoms with van der Waals surface area (Å²) in [6, 6.07) is 9.87. The Morgan fingerprint density at radius 1 is 1.08 bits per heavy atom. The molecule has 1 unspecified atom stereocenters. The molecule has 1 aromatic carbocycles. The lowest BCUT2D eigenvalue weighted by molar-refractivity contribution is -0.136. The number of para-hydroxylation sites is 1. The number of nitrogens with zero attached hydrogens (tertiary/aromatic N) is 1. The van der Waals surface area contributed by atoms with E-state index in [-0.39, 0.29) is 17.7 Å².